The molecule has 0 saturated heterocycles. The summed E-state index contributed by atoms with van der Waals surface area (Å²) in [5.74, 6) is 0. The Kier molecular flexibility index (Phi) is 8.07. The Morgan fingerprint density at radius 2 is 1.87 bits per heavy atom. The van der Waals surface area contributed by atoms with Crippen molar-refractivity contribution in [3.63, 3.8) is 0 Å². The fourth-order valence-electron chi connectivity index (χ4n) is 2.46. The molecule has 90 valence electrons. The van der Waals surface area contributed by atoms with E-state index in [0.29, 0.717) is 0 Å². The van der Waals surface area contributed by atoms with Crippen molar-refractivity contribution in [3.8, 4) is 0 Å². The Morgan fingerprint density at radius 1 is 1.27 bits per heavy atom. The first-order chi connectivity index (χ1) is 7.02. The average molecular weight is 227 g/mol. The van der Waals surface area contributed by atoms with Crippen LogP contribution in [0.15, 0.2) is 12.2 Å². The van der Waals surface area contributed by atoms with Crippen LogP contribution < -0.4 is 0 Å². The van der Waals surface area contributed by atoms with Gasteiger partial charge >= 0.3 is 0 Å². The maximum absolute atomic E-state index is 4.10. The topological polar surface area (TPSA) is 3.24 Å². The Hall–Kier alpha value is -0.0831. The zero-order valence-corrected chi connectivity index (χ0v) is 12.5. The zero-order valence-electron chi connectivity index (χ0n) is 11.3. The van der Waals surface area contributed by atoms with E-state index in [2.05, 4.69) is 46.3 Å². The summed E-state index contributed by atoms with van der Waals surface area (Å²) < 4.78 is 0. The van der Waals surface area contributed by atoms with Gasteiger partial charge in [-0.25, -0.2) is 0 Å². The van der Waals surface area contributed by atoms with Crippen molar-refractivity contribution in [3.05, 3.63) is 12.2 Å². The number of rotatable bonds is 8. The molecule has 0 aliphatic rings. The third-order valence-electron chi connectivity index (χ3n) is 3.06. The molecule has 0 heterocycles. The smallest absolute Gasteiger partial charge is 0.0609 e. The molecule has 2 atom stereocenters. The molecule has 0 aromatic heterocycles. The van der Waals surface area contributed by atoms with Crippen LogP contribution >= 0.6 is 0 Å². The summed E-state index contributed by atoms with van der Waals surface area (Å²) in [6.07, 6.45) is 4.03. The van der Waals surface area contributed by atoms with Gasteiger partial charge in [0.15, 0.2) is 0 Å². The molecule has 0 rings (SSSR count). The molecule has 0 saturated carbocycles. The Labute approximate surface area is 98.2 Å². The van der Waals surface area contributed by atoms with Crippen molar-refractivity contribution in [2.24, 2.45) is 0 Å². The van der Waals surface area contributed by atoms with Crippen LogP contribution in [0.1, 0.15) is 40.0 Å². The normalized spacial score (nSPS) is 15.3. The highest BCUT2D eigenvalue weighted by Crippen LogP contribution is 2.19. The molecule has 2 unspecified atom stereocenters. The summed E-state index contributed by atoms with van der Waals surface area (Å²) in [6, 6.07) is 2.80. The molecule has 0 aliphatic heterocycles. The van der Waals surface area contributed by atoms with Crippen molar-refractivity contribution in [1.82, 2.24) is 4.90 Å². The van der Waals surface area contributed by atoms with Crippen molar-refractivity contribution in [1.29, 1.82) is 0 Å². The minimum Gasteiger partial charge on any atom is -0.310 e. The second-order valence-electron chi connectivity index (χ2n) is 5.03. The van der Waals surface area contributed by atoms with Gasteiger partial charge in [0.05, 0.1) is 8.80 Å². The van der Waals surface area contributed by atoms with Crippen molar-refractivity contribution >= 4 is 8.80 Å². The highest BCUT2D eigenvalue weighted by molar-refractivity contribution is 6.61. The van der Waals surface area contributed by atoms with Gasteiger partial charge in [-0.3, -0.25) is 0 Å². The second kappa shape index (κ2) is 8.11. The van der Waals surface area contributed by atoms with Crippen molar-refractivity contribution in [2.45, 2.75) is 57.8 Å². The number of hydrogen-bond donors (Lipinski definition) is 0. The molecule has 1 nitrogen and oxygen atoms in total. The summed E-state index contributed by atoms with van der Waals surface area (Å²) in [5, 5.41) is 0. The van der Waals surface area contributed by atoms with E-state index >= 15 is 0 Å². The third-order valence-corrected chi connectivity index (χ3v) is 7.62. The molecule has 0 bridgehead atoms. The van der Waals surface area contributed by atoms with Crippen LogP contribution in [0.5, 0.6) is 0 Å². The van der Waals surface area contributed by atoms with E-state index in [1.54, 1.807) is 0 Å². The largest absolute Gasteiger partial charge is 0.310 e. The van der Waals surface area contributed by atoms with E-state index in [-0.39, 0.29) is 0 Å². The summed E-state index contributed by atoms with van der Waals surface area (Å²) in [5.41, 5.74) is 2.26. The number of hydrogen-bond acceptors (Lipinski definition) is 1. The number of allylic oxidation sites excluding steroid dienone is 1. The number of nitrogens with zero attached hydrogens (tertiary/aromatic N) is 1. The van der Waals surface area contributed by atoms with Crippen molar-refractivity contribution in [2.75, 3.05) is 14.1 Å². The monoisotopic (exact) mass is 227 g/mol. The molecule has 0 aromatic rings. The van der Waals surface area contributed by atoms with E-state index < -0.39 is 8.80 Å². The van der Waals surface area contributed by atoms with Crippen LogP contribution in [0.4, 0.5) is 0 Å². The summed E-state index contributed by atoms with van der Waals surface area (Å²) in [7, 11) is 3.83. The van der Waals surface area contributed by atoms with Gasteiger partial charge in [-0.2, -0.15) is 0 Å². The van der Waals surface area contributed by atoms with E-state index in [4.69, 9.17) is 0 Å². The summed E-state index contributed by atoms with van der Waals surface area (Å²) in [6.45, 7) is 10.9. The van der Waals surface area contributed by atoms with Crippen LogP contribution in [0, 0.1) is 0 Å². The van der Waals surface area contributed by atoms with E-state index in [0.717, 1.165) is 5.67 Å². The maximum Gasteiger partial charge on any atom is 0.0609 e. The van der Waals surface area contributed by atoms with Gasteiger partial charge in [-0.1, -0.05) is 38.3 Å². The van der Waals surface area contributed by atoms with E-state index in [9.17, 15) is 0 Å². The predicted octanol–water partition coefficient (Wildman–Crippen LogP) is 3.47. The quantitative estimate of drug-likeness (QED) is 0.453. The molecule has 15 heavy (non-hydrogen) atoms. The van der Waals surface area contributed by atoms with Gasteiger partial charge in [0, 0.05) is 0 Å². The van der Waals surface area contributed by atoms with Gasteiger partial charge < -0.3 is 4.90 Å². The molecular formula is C13H29NSi. The highest BCUT2D eigenvalue weighted by atomic mass is 28.3. The molecule has 0 fully saturated rings. The van der Waals surface area contributed by atoms with Crippen LogP contribution in [0.25, 0.3) is 0 Å². The van der Waals surface area contributed by atoms with Crippen LogP contribution in [-0.4, -0.2) is 33.5 Å². The van der Waals surface area contributed by atoms with Gasteiger partial charge in [0.1, 0.15) is 0 Å². The molecule has 0 aromatic carbocycles. The van der Waals surface area contributed by atoms with Crippen LogP contribution in [0.2, 0.25) is 12.1 Å². The first kappa shape index (κ1) is 14.9. The first-order valence-corrected chi connectivity index (χ1v) is 8.63. The fraction of sp³-hybridized carbons (Fsp3) is 0.846. The van der Waals surface area contributed by atoms with Crippen molar-refractivity contribution < 1.29 is 0 Å². The molecule has 2 heteroatoms. The lowest BCUT2D eigenvalue weighted by Gasteiger charge is -2.31. The molecular weight excluding hydrogens is 198 g/mol. The average Bonchev–Trinajstić information content (AvgIpc) is 2.12. The molecule has 0 spiro atoms. The lowest BCUT2D eigenvalue weighted by atomic mass is 10.3. The molecule has 0 radical (unpaired) electrons. The fourth-order valence-corrected chi connectivity index (χ4v) is 6.61. The Bertz CT molecular complexity index is 177. The van der Waals surface area contributed by atoms with Crippen LogP contribution in [0.3, 0.4) is 0 Å². The first-order valence-electron chi connectivity index (χ1n) is 6.33. The second-order valence-corrected chi connectivity index (χ2v) is 8.30. The minimum atomic E-state index is -0.656. The Morgan fingerprint density at radius 3 is 2.20 bits per heavy atom. The minimum absolute atomic E-state index is 0.656. The summed E-state index contributed by atoms with van der Waals surface area (Å²) in [4.78, 5) is 2.46. The molecule has 0 aliphatic carbocycles. The molecule has 0 amide bonds. The van der Waals surface area contributed by atoms with E-state index in [1.807, 2.05) is 0 Å². The lowest BCUT2D eigenvalue weighted by Crippen LogP contribution is -2.42. The van der Waals surface area contributed by atoms with Gasteiger partial charge in [-0.05, 0) is 39.1 Å². The predicted molar refractivity (Wildman–Crippen MR) is 74.3 cm³/mol. The van der Waals surface area contributed by atoms with Crippen LogP contribution in [-0.2, 0) is 0 Å². The molecule has 0 N–H and O–H groups in total. The third kappa shape index (κ3) is 6.16. The zero-order chi connectivity index (χ0) is 11.8. The Balaban J connectivity index is 4.43. The standard InChI is InChI=1S/C13H29NSi/c1-7-9-13(14(5)6)15(10-8-2)11-12(3)4/h13,15H,3,7-11H2,1-2,4-6H3. The lowest BCUT2D eigenvalue weighted by molar-refractivity contribution is 0.348. The van der Waals surface area contributed by atoms with Gasteiger partial charge in [0.25, 0.3) is 0 Å². The summed E-state index contributed by atoms with van der Waals surface area (Å²) >= 11 is 0. The van der Waals surface area contributed by atoms with E-state index in [1.165, 1.54) is 36.9 Å². The van der Waals surface area contributed by atoms with Gasteiger partial charge in [0.2, 0.25) is 0 Å². The highest BCUT2D eigenvalue weighted by Gasteiger charge is 2.23. The van der Waals surface area contributed by atoms with Gasteiger partial charge in [-0.15, -0.1) is 6.58 Å². The SMILES string of the molecule is C=C(C)C[SiH](CCC)C(CCC)N(C)C. The maximum atomic E-state index is 4.10.